The van der Waals surface area contributed by atoms with Crippen molar-refractivity contribution in [2.75, 3.05) is 13.2 Å². The number of aliphatic hydroxyl groups is 1. The molecule has 1 rings (SSSR count). The minimum absolute atomic E-state index is 0.157. The Kier molecular flexibility index (Phi) is 13.8. The summed E-state index contributed by atoms with van der Waals surface area (Å²) < 4.78 is 5.75. The highest BCUT2D eigenvalue weighted by atomic mass is 16.5. The molecule has 0 atom stereocenters. The Morgan fingerprint density at radius 3 is 1.81 bits per heavy atom. The first-order chi connectivity index (χ1) is 12.8. The van der Waals surface area contributed by atoms with E-state index in [1.54, 1.807) is 0 Å². The van der Waals surface area contributed by atoms with E-state index in [1.807, 2.05) is 24.3 Å². The van der Waals surface area contributed by atoms with Gasteiger partial charge in [0.05, 0.1) is 6.61 Å². The molecule has 0 saturated carbocycles. The number of hydrogen-bond acceptors (Lipinski definition) is 3. The molecule has 0 heterocycles. The molecule has 3 nitrogen and oxygen atoms in total. The number of hydrogen-bond donors (Lipinski definition) is 1. The van der Waals surface area contributed by atoms with E-state index in [4.69, 9.17) is 9.84 Å². The van der Waals surface area contributed by atoms with Gasteiger partial charge in [0.2, 0.25) is 0 Å². The van der Waals surface area contributed by atoms with Gasteiger partial charge in [-0.2, -0.15) is 0 Å². The fourth-order valence-electron chi connectivity index (χ4n) is 3.12. The number of Topliss-reactive ketones (excluding diaryl/α,β-unsaturated/α-hetero) is 1. The van der Waals surface area contributed by atoms with E-state index in [-0.39, 0.29) is 12.2 Å². The first-order valence-corrected chi connectivity index (χ1v) is 10.6. The molecule has 0 unspecified atom stereocenters. The Morgan fingerprint density at radius 2 is 1.31 bits per heavy atom. The number of carbonyl (C=O) groups is 1. The third-order valence-corrected chi connectivity index (χ3v) is 4.77. The number of ether oxygens (including phenoxy) is 1. The van der Waals surface area contributed by atoms with Crippen molar-refractivity contribution < 1.29 is 14.6 Å². The average Bonchev–Trinajstić information content (AvgIpc) is 2.66. The minimum Gasteiger partial charge on any atom is -0.494 e. The largest absolute Gasteiger partial charge is 0.494 e. The smallest absolute Gasteiger partial charge is 0.162 e. The lowest BCUT2D eigenvalue weighted by atomic mass is 10.1. The summed E-state index contributed by atoms with van der Waals surface area (Å²) in [6.07, 6.45) is 16.4. The van der Waals surface area contributed by atoms with Crippen molar-refractivity contribution in [3.05, 3.63) is 29.8 Å². The average molecular weight is 363 g/mol. The van der Waals surface area contributed by atoms with Crippen molar-refractivity contribution in [2.24, 2.45) is 0 Å². The lowest BCUT2D eigenvalue weighted by molar-refractivity contribution is -0.121. The number of ketones is 1. The highest BCUT2D eigenvalue weighted by Crippen LogP contribution is 2.15. The predicted molar refractivity (Wildman–Crippen MR) is 109 cm³/mol. The first kappa shape index (κ1) is 22.7. The van der Waals surface area contributed by atoms with Crippen molar-refractivity contribution in [3.63, 3.8) is 0 Å². The van der Waals surface area contributed by atoms with E-state index in [1.165, 1.54) is 70.6 Å². The monoisotopic (exact) mass is 362 g/mol. The second kappa shape index (κ2) is 15.9. The highest BCUT2D eigenvalue weighted by molar-refractivity contribution is 5.81. The van der Waals surface area contributed by atoms with E-state index in [9.17, 15) is 4.79 Å². The zero-order valence-corrected chi connectivity index (χ0v) is 16.7. The van der Waals surface area contributed by atoms with Crippen LogP contribution in [-0.4, -0.2) is 24.1 Å². The molecule has 0 spiro atoms. The standard InChI is InChI=1S/C23H38O3/c1-2-3-4-5-6-7-8-9-10-11-12-13-18-26-23-16-14-21(15-17-23)19-22(25)20-24/h14-17,24H,2-13,18-20H2,1H3. The van der Waals surface area contributed by atoms with Gasteiger partial charge in [0, 0.05) is 6.42 Å². The Labute approximate surface area is 160 Å². The summed E-state index contributed by atoms with van der Waals surface area (Å²) in [5.74, 6) is 0.698. The van der Waals surface area contributed by atoms with Crippen molar-refractivity contribution in [3.8, 4) is 5.75 Å². The van der Waals surface area contributed by atoms with Gasteiger partial charge in [0.15, 0.2) is 5.78 Å². The van der Waals surface area contributed by atoms with Gasteiger partial charge < -0.3 is 9.84 Å². The maximum absolute atomic E-state index is 11.2. The van der Waals surface area contributed by atoms with Crippen LogP contribution in [0.4, 0.5) is 0 Å². The van der Waals surface area contributed by atoms with Crippen LogP contribution in [0.2, 0.25) is 0 Å². The van der Waals surface area contributed by atoms with Crippen LogP contribution in [0.15, 0.2) is 24.3 Å². The molecule has 0 aromatic heterocycles. The molecule has 0 aliphatic carbocycles. The fourth-order valence-corrected chi connectivity index (χ4v) is 3.12. The number of benzene rings is 1. The predicted octanol–water partition coefficient (Wildman–Crippen LogP) is 5.87. The third-order valence-electron chi connectivity index (χ3n) is 4.77. The Morgan fingerprint density at radius 1 is 0.808 bits per heavy atom. The van der Waals surface area contributed by atoms with Gasteiger partial charge in [0.1, 0.15) is 12.4 Å². The summed E-state index contributed by atoms with van der Waals surface area (Å²) in [5.41, 5.74) is 0.918. The summed E-state index contributed by atoms with van der Waals surface area (Å²) in [5, 5.41) is 8.76. The van der Waals surface area contributed by atoms with Crippen LogP contribution in [0.1, 0.15) is 89.5 Å². The lowest BCUT2D eigenvalue weighted by Crippen LogP contribution is -2.07. The molecule has 1 N–H and O–H groups in total. The first-order valence-electron chi connectivity index (χ1n) is 10.6. The normalized spacial score (nSPS) is 10.8. The van der Waals surface area contributed by atoms with Gasteiger partial charge in [-0.1, -0.05) is 89.7 Å². The van der Waals surface area contributed by atoms with Crippen molar-refractivity contribution in [1.82, 2.24) is 0 Å². The van der Waals surface area contributed by atoms with E-state index in [0.717, 1.165) is 24.3 Å². The minimum atomic E-state index is -0.392. The molecular formula is C23H38O3. The molecular weight excluding hydrogens is 324 g/mol. The summed E-state index contributed by atoms with van der Waals surface area (Å²) in [4.78, 5) is 11.2. The van der Waals surface area contributed by atoms with Crippen molar-refractivity contribution >= 4 is 5.78 Å². The molecule has 0 aliphatic rings. The molecule has 26 heavy (non-hydrogen) atoms. The molecule has 148 valence electrons. The van der Waals surface area contributed by atoms with Crippen LogP contribution in [-0.2, 0) is 11.2 Å². The number of unbranched alkanes of at least 4 members (excludes halogenated alkanes) is 11. The van der Waals surface area contributed by atoms with E-state index < -0.39 is 6.61 Å². The van der Waals surface area contributed by atoms with Gasteiger partial charge in [0.25, 0.3) is 0 Å². The van der Waals surface area contributed by atoms with E-state index >= 15 is 0 Å². The molecule has 0 bridgehead atoms. The number of aliphatic hydroxyl groups excluding tert-OH is 1. The topological polar surface area (TPSA) is 46.5 Å². The maximum atomic E-state index is 11.2. The zero-order chi connectivity index (χ0) is 18.9. The molecule has 0 fully saturated rings. The molecule has 0 radical (unpaired) electrons. The van der Waals surface area contributed by atoms with Gasteiger partial charge in [-0.15, -0.1) is 0 Å². The zero-order valence-electron chi connectivity index (χ0n) is 16.7. The second-order valence-corrected chi connectivity index (χ2v) is 7.26. The highest BCUT2D eigenvalue weighted by Gasteiger charge is 2.02. The fraction of sp³-hybridized carbons (Fsp3) is 0.696. The molecule has 0 aliphatic heterocycles. The lowest BCUT2D eigenvalue weighted by Gasteiger charge is -2.07. The van der Waals surface area contributed by atoms with Gasteiger partial charge in [-0.25, -0.2) is 0 Å². The molecule has 0 saturated heterocycles. The summed E-state index contributed by atoms with van der Waals surface area (Å²) in [6.45, 7) is 2.63. The molecule has 1 aromatic carbocycles. The van der Waals surface area contributed by atoms with Crippen LogP contribution in [0.3, 0.4) is 0 Å². The maximum Gasteiger partial charge on any atom is 0.162 e. The van der Waals surface area contributed by atoms with Crippen molar-refractivity contribution in [1.29, 1.82) is 0 Å². The number of rotatable bonds is 17. The van der Waals surface area contributed by atoms with Gasteiger partial charge >= 0.3 is 0 Å². The van der Waals surface area contributed by atoms with Gasteiger partial charge in [-0.3, -0.25) is 4.79 Å². The van der Waals surface area contributed by atoms with E-state index in [0.29, 0.717) is 0 Å². The van der Waals surface area contributed by atoms with Crippen LogP contribution in [0.5, 0.6) is 5.75 Å². The molecule has 1 aromatic rings. The van der Waals surface area contributed by atoms with Gasteiger partial charge in [-0.05, 0) is 24.1 Å². The van der Waals surface area contributed by atoms with Crippen LogP contribution < -0.4 is 4.74 Å². The molecule has 3 heteroatoms. The summed E-state index contributed by atoms with van der Waals surface area (Å²) in [6, 6.07) is 7.59. The summed E-state index contributed by atoms with van der Waals surface area (Å²) in [7, 11) is 0. The second-order valence-electron chi connectivity index (χ2n) is 7.26. The number of carbonyl (C=O) groups excluding carboxylic acids is 1. The van der Waals surface area contributed by atoms with Crippen LogP contribution >= 0.6 is 0 Å². The SMILES string of the molecule is CCCCCCCCCCCCCCOc1ccc(CC(=O)CO)cc1. The van der Waals surface area contributed by atoms with E-state index in [2.05, 4.69) is 6.92 Å². The van der Waals surface area contributed by atoms with Crippen molar-refractivity contribution in [2.45, 2.75) is 90.4 Å². The molecule has 0 amide bonds. The van der Waals surface area contributed by atoms with Crippen LogP contribution in [0.25, 0.3) is 0 Å². The summed E-state index contributed by atoms with van der Waals surface area (Å²) >= 11 is 0. The quantitative estimate of drug-likeness (QED) is 0.352. The third kappa shape index (κ3) is 12.1. The Bertz CT molecular complexity index is 453. The Hall–Kier alpha value is -1.35. The van der Waals surface area contributed by atoms with Crippen LogP contribution in [0, 0.1) is 0 Å². The Balaban J connectivity index is 1.92.